The van der Waals surface area contributed by atoms with Crippen LogP contribution >= 0.6 is 0 Å². The number of hydrogen-bond acceptors (Lipinski definition) is 6. The van der Waals surface area contributed by atoms with Crippen LogP contribution in [0.5, 0.6) is 0 Å². The predicted molar refractivity (Wildman–Crippen MR) is 74.9 cm³/mol. The number of carbonyl (C=O) groups excluding carboxylic acids is 1. The average Bonchev–Trinajstić information content (AvgIpc) is 3.17. The van der Waals surface area contributed by atoms with Gasteiger partial charge in [0, 0.05) is 32.1 Å². The second-order valence-corrected chi connectivity index (χ2v) is 5.55. The Kier molecular flexibility index (Phi) is 3.30. The molecule has 0 spiro atoms. The minimum atomic E-state index is -0.0870. The Hall–Kier alpha value is -2.35. The van der Waals surface area contributed by atoms with E-state index in [1.807, 2.05) is 4.57 Å². The van der Waals surface area contributed by atoms with Crippen LogP contribution in [0.15, 0.2) is 24.9 Å². The van der Waals surface area contributed by atoms with Gasteiger partial charge in [-0.3, -0.25) is 9.78 Å². The van der Waals surface area contributed by atoms with Crippen LogP contribution in [0.3, 0.4) is 0 Å². The highest BCUT2D eigenvalue weighted by molar-refractivity contribution is 5.92. The van der Waals surface area contributed by atoms with E-state index in [9.17, 15) is 4.79 Å². The average molecular weight is 300 g/mol. The van der Waals surface area contributed by atoms with Crippen molar-refractivity contribution < 1.29 is 9.53 Å². The second-order valence-electron chi connectivity index (χ2n) is 5.55. The van der Waals surface area contributed by atoms with Gasteiger partial charge in [0.25, 0.3) is 5.91 Å². The molecule has 1 amide bonds. The zero-order valence-electron chi connectivity index (χ0n) is 12.0. The maximum atomic E-state index is 12.2. The van der Waals surface area contributed by atoms with Crippen LogP contribution in [0.4, 0.5) is 0 Å². The molecule has 22 heavy (non-hydrogen) atoms. The fraction of sp³-hybridized carbons (Fsp3) is 0.500. The first kappa shape index (κ1) is 13.3. The van der Waals surface area contributed by atoms with E-state index < -0.39 is 0 Å². The third-order valence-corrected chi connectivity index (χ3v) is 4.14. The molecule has 4 rings (SSSR count). The Balaban J connectivity index is 1.43. The minimum Gasteiger partial charge on any atom is -0.370 e. The Morgan fingerprint density at radius 3 is 2.95 bits per heavy atom. The largest absolute Gasteiger partial charge is 0.370 e. The number of carbonyl (C=O) groups is 1. The van der Waals surface area contributed by atoms with Gasteiger partial charge in [0.15, 0.2) is 5.82 Å². The lowest BCUT2D eigenvalue weighted by atomic mass is 10.1. The van der Waals surface area contributed by atoms with Gasteiger partial charge in [0.1, 0.15) is 18.1 Å². The number of ether oxygens (including phenoxy) is 1. The standard InChI is InChI=1S/C14H16N6O2/c21-14(11-6-15-3-4-16-11)19-7-10(8-19)20-9-17-18-13(20)12-2-1-5-22-12/h3-4,6,9-10,12H,1-2,5,7-8H2. The van der Waals surface area contributed by atoms with Crippen LogP contribution in [-0.4, -0.2) is 55.2 Å². The van der Waals surface area contributed by atoms with E-state index in [0.717, 1.165) is 25.3 Å². The van der Waals surface area contributed by atoms with Crippen LogP contribution in [-0.2, 0) is 4.74 Å². The lowest BCUT2D eigenvalue weighted by Gasteiger charge is -2.40. The molecule has 0 saturated carbocycles. The van der Waals surface area contributed by atoms with Gasteiger partial charge >= 0.3 is 0 Å². The zero-order chi connectivity index (χ0) is 14.9. The van der Waals surface area contributed by atoms with Gasteiger partial charge in [-0.25, -0.2) is 4.98 Å². The predicted octanol–water partition coefficient (Wildman–Crippen LogP) is 0.617. The SMILES string of the molecule is O=C(c1cnccn1)N1CC(n2cnnc2C2CCCO2)C1. The molecule has 2 saturated heterocycles. The molecule has 114 valence electrons. The first-order valence-corrected chi connectivity index (χ1v) is 7.39. The topological polar surface area (TPSA) is 86.0 Å². The maximum Gasteiger partial charge on any atom is 0.274 e. The Morgan fingerprint density at radius 1 is 1.32 bits per heavy atom. The molecule has 0 aromatic carbocycles. The van der Waals surface area contributed by atoms with E-state index in [0.29, 0.717) is 18.8 Å². The summed E-state index contributed by atoms with van der Waals surface area (Å²) in [6.45, 7) is 2.04. The Morgan fingerprint density at radius 2 is 2.23 bits per heavy atom. The molecule has 0 aliphatic carbocycles. The van der Waals surface area contributed by atoms with Gasteiger partial charge in [-0.15, -0.1) is 10.2 Å². The maximum absolute atomic E-state index is 12.2. The lowest BCUT2D eigenvalue weighted by Crippen LogP contribution is -2.51. The number of amides is 1. The molecule has 2 fully saturated rings. The summed E-state index contributed by atoms with van der Waals surface area (Å²) < 4.78 is 7.72. The number of rotatable bonds is 3. The summed E-state index contributed by atoms with van der Waals surface area (Å²) in [5.41, 5.74) is 0.379. The van der Waals surface area contributed by atoms with Crippen LogP contribution in [0.2, 0.25) is 0 Å². The van der Waals surface area contributed by atoms with Crippen molar-refractivity contribution in [3.8, 4) is 0 Å². The van der Waals surface area contributed by atoms with Crippen molar-refractivity contribution in [3.63, 3.8) is 0 Å². The Labute approximate surface area is 127 Å². The van der Waals surface area contributed by atoms with Crippen LogP contribution in [0.25, 0.3) is 0 Å². The molecule has 2 aromatic rings. The van der Waals surface area contributed by atoms with E-state index in [1.165, 1.54) is 12.4 Å². The highest BCUT2D eigenvalue weighted by Crippen LogP contribution is 2.31. The molecule has 8 heteroatoms. The summed E-state index contributed by atoms with van der Waals surface area (Å²) in [7, 11) is 0. The number of aromatic nitrogens is 5. The van der Waals surface area contributed by atoms with Gasteiger partial charge in [-0.2, -0.15) is 0 Å². The zero-order valence-corrected chi connectivity index (χ0v) is 12.0. The Bertz CT molecular complexity index is 661. The van der Waals surface area contributed by atoms with E-state index in [-0.39, 0.29) is 18.1 Å². The summed E-state index contributed by atoms with van der Waals surface area (Å²) >= 11 is 0. The van der Waals surface area contributed by atoms with Crippen LogP contribution in [0, 0.1) is 0 Å². The van der Waals surface area contributed by atoms with E-state index in [4.69, 9.17) is 4.74 Å². The number of nitrogens with zero attached hydrogens (tertiary/aromatic N) is 6. The molecule has 4 heterocycles. The molecule has 0 radical (unpaired) electrons. The molecule has 1 atom stereocenters. The first-order chi connectivity index (χ1) is 10.8. The van der Waals surface area contributed by atoms with Crippen molar-refractivity contribution in [2.75, 3.05) is 19.7 Å². The molecule has 0 N–H and O–H groups in total. The minimum absolute atomic E-state index is 0.0345. The van der Waals surface area contributed by atoms with Crippen LogP contribution < -0.4 is 0 Å². The smallest absolute Gasteiger partial charge is 0.274 e. The molecule has 2 aromatic heterocycles. The van der Waals surface area contributed by atoms with Crippen molar-refractivity contribution in [1.29, 1.82) is 0 Å². The van der Waals surface area contributed by atoms with Crippen molar-refractivity contribution in [3.05, 3.63) is 36.4 Å². The summed E-state index contributed by atoms with van der Waals surface area (Å²) in [5, 5.41) is 8.20. The normalized spacial score (nSPS) is 21.8. The molecule has 2 aliphatic heterocycles. The van der Waals surface area contributed by atoms with Crippen molar-refractivity contribution in [2.24, 2.45) is 0 Å². The molecule has 0 bridgehead atoms. The monoisotopic (exact) mass is 300 g/mol. The van der Waals surface area contributed by atoms with Gasteiger partial charge in [0.05, 0.1) is 12.2 Å². The summed E-state index contributed by atoms with van der Waals surface area (Å²) in [4.78, 5) is 22.0. The summed E-state index contributed by atoms with van der Waals surface area (Å²) in [6.07, 6.45) is 8.37. The van der Waals surface area contributed by atoms with Gasteiger partial charge in [-0.1, -0.05) is 0 Å². The first-order valence-electron chi connectivity index (χ1n) is 7.39. The van der Waals surface area contributed by atoms with Gasteiger partial charge < -0.3 is 14.2 Å². The fourth-order valence-corrected chi connectivity index (χ4v) is 2.91. The lowest BCUT2D eigenvalue weighted by molar-refractivity contribution is 0.0478. The number of hydrogen-bond donors (Lipinski definition) is 0. The van der Waals surface area contributed by atoms with Gasteiger partial charge in [-0.05, 0) is 12.8 Å². The summed E-state index contributed by atoms with van der Waals surface area (Å²) in [5.74, 6) is 0.783. The van der Waals surface area contributed by atoms with Crippen molar-refractivity contribution in [1.82, 2.24) is 29.6 Å². The van der Waals surface area contributed by atoms with Gasteiger partial charge in [0.2, 0.25) is 0 Å². The van der Waals surface area contributed by atoms with Crippen molar-refractivity contribution >= 4 is 5.91 Å². The van der Waals surface area contributed by atoms with Crippen molar-refractivity contribution in [2.45, 2.75) is 25.0 Å². The molecule has 8 nitrogen and oxygen atoms in total. The van der Waals surface area contributed by atoms with E-state index in [1.54, 1.807) is 17.4 Å². The third kappa shape index (κ3) is 2.25. The molecule has 2 aliphatic rings. The highest BCUT2D eigenvalue weighted by Gasteiger charge is 2.36. The fourth-order valence-electron chi connectivity index (χ4n) is 2.91. The number of likely N-dealkylation sites (tertiary alicyclic amines) is 1. The third-order valence-electron chi connectivity index (χ3n) is 4.14. The summed E-state index contributed by atoms with van der Waals surface area (Å²) in [6, 6.07) is 0.204. The molecule has 1 unspecified atom stereocenters. The highest BCUT2D eigenvalue weighted by atomic mass is 16.5. The van der Waals surface area contributed by atoms with E-state index >= 15 is 0 Å². The second kappa shape index (κ2) is 5.45. The quantitative estimate of drug-likeness (QED) is 0.826. The molecular weight excluding hydrogens is 284 g/mol. The van der Waals surface area contributed by atoms with Crippen LogP contribution in [0.1, 0.15) is 41.3 Å². The van der Waals surface area contributed by atoms with E-state index in [2.05, 4.69) is 20.2 Å². The molecular formula is C14H16N6O2.